The molecule has 17 heavy (non-hydrogen) atoms. The molecule has 0 aliphatic carbocycles. The summed E-state index contributed by atoms with van der Waals surface area (Å²) in [7, 11) is 0. The summed E-state index contributed by atoms with van der Waals surface area (Å²) in [6.45, 7) is 0. The van der Waals surface area contributed by atoms with Gasteiger partial charge in [-0.05, 0) is 45.8 Å². The highest BCUT2D eigenvalue weighted by Crippen LogP contribution is 2.31. The molecule has 1 unspecified atom stereocenters. The number of hydrogen-bond acceptors (Lipinski definition) is 2. The van der Waals surface area contributed by atoms with Gasteiger partial charge in [0.2, 0.25) is 0 Å². The second kappa shape index (κ2) is 5.97. The predicted octanol–water partition coefficient (Wildman–Crippen LogP) is 5.31. The highest BCUT2D eigenvalue weighted by Gasteiger charge is 2.13. The molecular weight excluding hydrogens is 432 g/mol. The second-order valence-electron chi connectivity index (χ2n) is 3.59. The van der Waals surface area contributed by atoms with Crippen molar-refractivity contribution in [2.45, 2.75) is 12.5 Å². The van der Waals surface area contributed by atoms with Crippen molar-refractivity contribution in [3.63, 3.8) is 0 Å². The van der Waals surface area contributed by atoms with E-state index in [-0.39, 0.29) is 0 Å². The lowest BCUT2D eigenvalue weighted by Crippen LogP contribution is -2.01. The Labute approximate surface area is 129 Å². The largest absolute Gasteiger partial charge is 0.388 e. The molecule has 1 aromatic heterocycles. The number of hydrogen-bond donors (Lipinski definition) is 1. The summed E-state index contributed by atoms with van der Waals surface area (Å²) >= 11 is 11.9. The van der Waals surface area contributed by atoms with E-state index >= 15 is 0 Å². The summed E-state index contributed by atoms with van der Waals surface area (Å²) < 4.78 is 3.02. The Morgan fingerprint density at radius 1 is 1.12 bits per heavy atom. The van der Waals surface area contributed by atoms with Crippen LogP contribution in [-0.4, -0.2) is 5.11 Å². The minimum absolute atomic E-state index is 0.483. The van der Waals surface area contributed by atoms with Gasteiger partial charge in [0.1, 0.15) is 0 Å². The Morgan fingerprint density at radius 2 is 1.88 bits per heavy atom. The van der Waals surface area contributed by atoms with Crippen LogP contribution in [0, 0.1) is 0 Å². The summed E-state index contributed by atoms with van der Waals surface area (Å²) in [5.74, 6) is 0. The third kappa shape index (κ3) is 3.64. The van der Waals surface area contributed by atoms with Gasteiger partial charge in [-0.25, -0.2) is 0 Å². The minimum Gasteiger partial charge on any atom is -0.388 e. The third-order valence-corrected chi connectivity index (χ3v) is 5.17. The molecular formula is C12H9Br3OS. The molecule has 0 radical (unpaired) electrons. The van der Waals surface area contributed by atoms with Gasteiger partial charge in [0.05, 0.1) is 9.89 Å². The zero-order valence-electron chi connectivity index (χ0n) is 8.66. The fourth-order valence-electron chi connectivity index (χ4n) is 1.53. The first-order valence-corrected chi connectivity index (χ1v) is 8.13. The Kier molecular flexibility index (Phi) is 4.83. The van der Waals surface area contributed by atoms with Crippen LogP contribution in [-0.2, 0) is 6.42 Å². The van der Waals surface area contributed by atoms with Crippen LogP contribution in [0.4, 0.5) is 0 Å². The molecule has 0 saturated carbocycles. The van der Waals surface area contributed by atoms with E-state index in [2.05, 4.69) is 47.8 Å². The van der Waals surface area contributed by atoms with Crippen LogP contribution in [0.25, 0.3) is 0 Å². The van der Waals surface area contributed by atoms with Crippen molar-refractivity contribution < 1.29 is 5.11 Å². The van der Waals surface area contributed by atoms with Crippen molar-refractivity contribution >= 4 is 59.1 Å². The lowest BCUT2D eigenvalue weighted by Gasteiger charge is -2.12. The molecule has 0 bridgehead atoms. The zero-order chi connectivity index (χ0) is 12.4. The monoisotopic (exact) mass is 438 g/mol. The molecule has 0 aliphatic rings. The van der Waals surface area contributed by atoms with E-state index in [4.69, 9.17) is 0 Å². The lowest BCUT2D eigenvalue weighted by molar-refractivity contribution is 0.178. The van der Waals surface area contributed by atoms with Gasteiger partial charge in [0, 0.05) is 20.2 Å². The first-order chi connectivity index (χ1) is 8.06. The number of aliphatic hydroxyl groups is 1. The molecule has 0 fully saturated rings. The molecule has 0 aliphatic heterocycles. The van der Waals surface area contributed by atoms with Gasteiger partial charge in [-0.15, -0.1) is 11.3 Å². The van der Waals surface area contributed by atoms with Crippen molar-refractivity contribution in [2.75, 3.05) is 0 Å². The van der Waals surface area contributed by atoms with Crippen LogP contribution in [0.3, 0.4) is 0 Å². The number of aliphatic hydroxyl groups excluding tert-OH is 1. The zero-order valence-corrected chi connectivity index (χ0v) is 14.2. The second-order valence-corrected chi connectivity index (χ2v) is 7.91. The Bertz CT molecular complexity index is 524. The van der Waals surface area contributed by atoms with Gasteiger partial charge in [-0.1, -0.05) is 37.9 Å². The van der Waals surface area contributed by atoms with Crippen LogP contribution >= 0.6 is 59.1 Å². The maximum atomic E-state index is 10.2. The topological polar surface area (TPSA) is 20.2 Å². The number of benzene rings is 1. The van der Waals surface area contributed by atoms with Crippen molar-refractivity contribution in [3.8, 4) is 0 Å². The SMILES string of the molecule is OC(Cc1ccc(Br)s1)c1ccc(Br)cc1Br. The first-order valence-electron chi connectivity index (χ1n) is 4.93. The summed E-state index contributed by atoms with van der Waals surface area (Å²) in [5, 5.41) is 10.2. The van der Waals surface area contributed by atoms with Crippen molar-refractivity contribution in [1.82, 2.24) is 0 Å². The van der Waals surface area contributed by atoms with Crippen LogP contribution in [0.5, 0.6) is 0 Å². The third-order valence-electron chi connectivity index (χ3n) is 2.34. The van der Waals surface area contributed by atoms with Crippen LogP contribution < -0.4 is 0 Å². The average Bonchev–Trinajstić information content (AvgIpc) is 2.63. The number of thiophene rings is 1. The van der Waals surface area contributed by atoms with E-state index in [1.54, 1.807) is 11.3 Å². The molecule has 0 spiro atoms. The van der Waals surface area contributed by atoms with E-state index in [1.807, 2.05) is 30.3 Å². The summed E-state index contributed by atoms with van der Waals surface area (Å²) in [4.78, 5) is 1.17. The van der Waals surface area contributed by atoms with Crippen LogP contribution in [0.2, 0.25) is 0 Å². The molecule has 0 amide bonds. The van der Waals surface area contributed by atoms with Crippen LogP contribution in [0.15, 0.2) is 43.1 Å². The normalized spacial score (nSPS) is 12.7. The highest BCUT2D eigenvalue weighted by atomic mass is 79.9. The molecule has 2 aromatic rings. The fraction of sp³-hybridized carbons (Fsp3) is 0.167. The van der Waals surface area contributed by atoms with Crippen molar-refractivity contribution in [1.29, 1.82) is 0 Å². The molecule has 0 saturated heterocycles. The summed E-state index contributed by atoms with van der Waals surface area (Å²) in [5.41, 5.74) is 0.915. The molecule has 2 rings (SSSR count). The smallest absolute Gasteiger partial charge is 0.0849 e. The molecule has 1 nitrogen and oxygen atoms in total. The Balaban J connectivity index is 2.17. The quantitative estimate of drug-likeness (QED) is 0.685. The highest BCUT2D eigenvalue weighted by molar-refractivity contribution is 9.11. The van der Waals surface area contributed by atoms with Gasteiger partial charge < -0.3 is 5.11 Å². The molecule has 90 valence electrons. The fourth-order valence-corrected chi connectivity index (χ4v) is 4.36. The minimum atomic E-state index is -0.483. The van der Waals surface area contributed by atoms with E-state index < -0.39 is 6.10 Å². The van der Waals surface area contributed by atoms with Gasteiger partial charge in [-0.2, -0.15) is 0 Å². The van der Waals surface area contributed by atoms with Gasteiger partial charge in [0.25, 0.3) is 0 Å². The first kappa shape index (κ1) is 13.7. The van der Waals surface area contributed by atoms with E-state index in [0.29, 0.717) is 6.42 Å². The van der Waals surface area contributed by atoms with E-state index in [1.165, 1.54) is 4.88 Å². The lowest BCUT2D eigenvalue weighted by atomic mass is 10.1. The number of rotatable bonds is 3. The van der Waals surface area contributed by atoms with Gasteiger partial charge in [0.15, 0.2) is 0 Å². The molecule has 1 N–H and O–H groups in total. The van der Waals surface area contributed by atoms with Crippen LogP contribution in [0.1, 0.15) is 16.5 Å². The number of halogens is 3. The molecule has 1 heterocycles. The maximum Gasteiger partial charge on any atom is 0.0849 e. The average molecular weight is 441 g/mol. The molecule has 1 atom stereocenters. The van der Waals surface area contributed by atoms with Crippen molar-refractivity contribution in [3.05, 3.63) is 53.5 Å². The summed E-state index contributed by atoms with van der Waals surface area (Å²) in [6, 6.07) is 9.85. The standard InChI is InChI=1S/C12H9Br3OS/c13-7-1-3-9(10(14)5-7)11(16)6-8-2-4-12(15)17-8/h1-5,11,16H,6H2. The maximum absolute atomic E-state index is 10.2. The Hall–Kier alpha value is 0.320. The molecule has 1 aromatic carbocycles. The van der Waals surface area contributed by atoms with Crippen molar-refractivity contribution in [2.24, 2.45) is 0 Å². The van der Waals surface area contributed by atoms with Gasteiger partial charge >= 0.3 is 0 Å². The predicted molar refractivity (Wildman–Crippen MR) is 82.5 cm³/mol. The molecule has 5 heteroatoms. The van der Waals surface area contributed by atoms with E-state index in [0.717, 1.165) is 18.3 Å². The Morgan fingerprint density at radius 3 is 2.47 bits per heavy atom. The summed E-state index contributed by atoms with van der Waals surface area (Å²) in [6.07, 6.45) is 0.152. The van der Waals surface area contributed by atoms with Gasteiger partial charge in [-0.3, -0.25) is 0 Å². The van der Waals surface area contributed by atoms with E-state index in [9.17, 15) is 5.11 Å².